The lowest BCUT2D eigenvalue weighted by atomic mass is 10.1. The predicted octanol–water partition coefficient (Wildman–Crippen LogP) is 3.14. The van der Waals surface area contributed by atoms with Gasteiger partial charge >= 0.3 is 0 Å². The van der Waals surface area contributed by atoms with Crippen LogP contribution in [0.15, 0.2) is 18.3 Å². The van der Waals surface area contributed by atoms with Gasteiger partial charge in [-0.1, -0.05) is 24.4 Å². The summed E-state index contributed by atoms with van der Waals surface area (Å²) in [6.07, 6.45) is 8.56. The van der Waals surface area contributed by atoms with Crippen LogP contribution in [0.3, 0.4) is 0 Å². The van der Waals surface area contributed by atoms with Crippen LogP contribution in [0.25, 0.3) is 0 Å². The van der Waals surface area contributed by atoms with Gasteiger partial charge < -0.3 is 5.32 Å². The lowest BCUT2D eigenvalue weighted by molar-refractivity contribution is 0.0949. The van der Waals surface area contributed by atoms with Gasteiger partial charge in [0, 0.05) is 17.5 Å². The minimum Gasteiger partial charge on any atom is -0.351 e. The Bertz CT molecular complexity index is 433. The number of hydrogen-bond donors (Lipinski definition) is 1. The second kappa shape index (κ2) is 5.93. The third-order valence-corrected chi connectivity index (χ3v) is 5.24. The normalized spacial score (nSPS) is 17.7. The van der Waals surface area contributed by atoms with Crippen LogP contribution in [0.1, 0.15) is 36.0 Å². The lowest BCUT2D eigenvalue weighted by Crippen LogP contribution is -2.38. The molecule has 1 aliphatic carbocycles. The van der Waals surface area contributed by atoms with Crippen LogP contribution in [0.5, 0.6) is 0 Å². The van der Waals surface area contributed by atoms with Crippen molar-refractivity contribution in [3.8, 4) is 0 Å². The molecule has 5 heteroatoms. The SMILES string of the molecule is CSC1(CNC(=O)c2cccnc2Cl)CCCC1. The molecule has 1 fully saturated rings. The molecule has 0 unspecified atom stereocenters. The summed E-state index contributed by atoms with van der Waals surface area (Å²) in [7, 11) is 0. The van der Waals surface area contributed by atoms with E-state index in [-0.39, 0.29) is 15.8 Å². The molecule has 2 rings (SSSR count). The van der Waals surface area contributed by atoms with Crippen molar-refractivity contribution in [2.45, 2.75) is 30.4 Å². The molecule has 0 spiro atoms. The molecule has 1 N–H and O–H groups in total. The Morgan fingerprint density at radius 2 is 2.28 bits per heavy atom. The Hall–Kier alpha value is -0.740. The third-order valence-electron chi connectivity index (χ3n) is 3.52. The maximum Gasteiger partial charge on any atom is 0.254 e. The highest BCUT2D eigenvalue weighted by atomic mass is 35.5. The minimum atomic E-state index is -0.131. The van der Waals surface area contributed by atoms with Crippen LogP contribution in [0.2, 0.25) is 5.15 Å². The number of amides is 1. The van der Waals surface area contributed by atoms with Crippen molar-refractivity contribution in [3.63, 3.8) is 0 Å². The first-order chi connectivity index (χ1) is 8.67. The topological polar surface area (TPSA) is 42.0 Å². The van der Waals surface area contributed by atoms with E-state index < -0.39 is 0 Å². The molecule has 18 heavy (non-hydrogen) atoms. The number of carbonyl (C=O) groups is 1. The average Bonchev–Trinajstić information content (AvgIpc) is 2.86. The molecular weight excluding hydrogens is 268 g/mol. The largest absolute Gasteiger partial charge is 0.351 e. The second-order valence-corrected chi connectivity index (χ2v) is 6.25. The van der Waals surface area contributed by atoms with Crippen LogP contribution in [-0.2, 0) is 0 Å². The van der Waals surface area contributed by atoms with Crippen molar-refractivity contribution >= 4 is 29.3 Å². The molecule has 98 valence electrons. The summed E-state index contributed by atoms with van der Waals surface area (Å²) in [5.41, 5.74) is 0.452. The van der Waals surface area contributed by atoms with Crippen molar-refractivity contribution in [2.24, 2.45) is 0 Å². The number of aromatic nitrogens is 1. The number of hydrogen-bond acceptors (Lipinski definition) is 3. The fraction of sp³-hybridized carbons (Fsp3) is 0.538. The number of halogens is 1. The highest BCUT2D eigenvalue weighted by Gasteiger charge is 2.33. The van der Waals surface area contributed by atoms with E-state index in [4.69, 9.17) is 11.6 Å². The summed E-state index contributed by atoms with van der Waals surface area (Å²) in [5.74, 6) is -0.131. The third kappa shape index (κ3) is 2.98. The lowest BCUT2D eigenvalue weighted by Gasteiger charge is -2.26. The van der Waals surface area contributed by atoms with Gasteiger partial charge in [-0.3, -0.25) is 4.79 Å². The quantitative estimate of drug-likeness (QED) is 0.864. The molecule has 1 saturated carbocycles. The van der Waals surface area contributed by atoms with Crippen molar-refractivity contribution < 1.29 is 4.79 Å². The van der Waals surface area contributed by atoms with Crippen LogP contribution >= 0.6 is 23.4 Å². The molecule has 0 aliphatic heterocycles. The Morgan fingerprint density at radius 1 is 1.56 bits per heavy atom. The second-order valence-electron chi connectivity index (χ2n) is 4.62. The summed E-state index contributed by atoms with van der Waals surface area (Å²) in [6, 6.07) is 3.42. The fourth-order valence-electron chi connectivity index (χ4n) is 2.36. The van der Waals surface area contributed by atoms with Crippen molar-refractivity contribution in [2.75, 3.05) is 12.8 Å². The van der Waals surface area contributed by atoms with E-state index >= 15 is 0 Å². The molecule has 3 nitrogen and oxygen atoms in total. The van der Waals surface area contributed by atoms with Crippen LogP contribution < -0.4 is 5.32 Å². The standard InChI is InChI=1S/C13H17ClN2OS/c1-18-13(6-2-3-7-13)9-16-12(17)10-5-4-8-15-11(10)14/h4-5,8H,2-3,6-7,9H2,1H3,(H,16,17). The summed E-state index contributed by atoms with van der Waals surface area (Å²) in [6.45, 7) is 0.707. The molecule has 1 aliphatic rings. The molecule has 1 amide bonds. The number of nitrogens with zero attached hydrogens (tertiary/aromatic N) is 1. The van der Waals surface area contributed by atoms with Crippen LogP contribution in [-0.4, -0.2) is 28.4 Å². The zero-order valence-electron chi connectivity index (χ0n) is 10.4. The molecule has 0 atom stereocenters. The first-order valence-corrected chi connectivity index (χ1v) is 7.71. The molecule has 0 radical (unpaired) electrons. The average molecular weight is 285 g/mol. The number of thioether (sulfide) groups is 1. The molecule has 1 aromatic heterocycles. The number of carbonyl (C=O) groups excluding carboxylic acids is 1. The van der Waals surface area contributed by atoms with Gasteiger partial charge in [0.25, 0.3) is 5.91 Å². The predicted molar refractivity (Wildman–Crippen MR) is 76.3 cm³/mol. The smallest absolute Gasteiger partial charge is 0.254 e. The Morgan fingerprint density at radius 3 is 2.89 bits per heavy atom. The first-order valence-electron chi connectivity index (χ1n) is 6.11. The van der Waals surface area contributed by atoms with E-state index in [1.807, 2.05) is 11.8 Å². The molecule has 0 saturated heterocycles. The summed E-state index contributed by atoms with van der Waals surface area (Å²) >= 11 is 7.76. The maximum atomic E-state index is 12.0. The van der Waals surface area contributed by atoms with Crippen LogP contribution in [0, 0.1) is 0 Å². The minimum absolute atomic E-state index is 0.131. The number of nitrogens with one attached hydrogen (secondary N) is 1. The van der Waals surface area contributed by atoms with E-state index in [0.29, 0.717) is 12.1 Å². The van der Waals surface area contributed by atoms with E-state index in [1.54, 1.807) is 18.3 Å². The maximum absolute atomic E-state index is 12.0. The Balaban J connectivity index is 1.98. The molecular formula is C13H17ClN2OS. The summed E-state index contributed by atoms with van der Waals surface area (Å²) in [4.78, 5) is 16.0. The van der Waals surface area contributed by atoms with Gasteiger partial charge in [0.2, 0.25) is 0 Å². The number of rotatable bonds is 4. The van der Waals surface area contributed by atoms with E-state index in [0.717, 1.165) is 0 Å². The van der Waals surface area contributed by atoms with Gasteiger partial charge in [-0.2, -0.15) is 11.8 Å². The zero-order chi connectivity index (χ0) is 13.0. The van der Waals surface area contributed by atoms with Crippen molar-refractivity contribution in [1.82, 2.24) is 10.3 Å². The van der Waals surface area contributed by atoms with Gasteiger partial charge in [0.15, 0.2) is 0 Å². The van der Waals surface area contributed by atoms with Crippen molar-refractivity contribution in [3.05, 3.63) is 29.0 Å². The van der Waals surface area contributed by atoms with Gasteiger partial charge in [-0.25, -0.2) is 4.98 Å². The van der Waals surface area contributed by atoms with Crippen LogP contribution in [0.4, 0.5) is 0 Å². The summed E-state index contributed by atoms with van der Waals surface area (Å²) in [5, 5.41) is 3.25. The fourth-order valence-corrected chi connectivity index (χ4v) is 3.48. The molecule has 0 bridgehead atoms. The Kier molecular flexibility index (Phi) is 4.51. The molecule has 1 aromatic rings. The monoisotopic (exact) mass is 284 g/mol. The molecule has 0 aromatic carbocycles. The number of pyridine rings is 1. The summed E-state index contributed by atoms with van der Waals surface area (Å²) < 4.78 is 0.213. The zero-order valence-corrected chi connectivity index (χ0v) is 12.0. The van der Waals surface area contributed by atoms with Crippen molar-refractivity contribution in [1.29, 1.82) is 0 Å². The van der Waals surface area contributed by atoms with E-state index in [1.165, 1.54) is 25.7 Å². The van der Waals surface area contributed by atoms with Gasteiger partial charge in [-0.15, -0.1) is 0 Å². The van der Waals surface area contributed by atoms with Gasteiger partial charge in [0.05, 0.1) is 5.56 Å². The molecule has 1 heterocycles. The van der Waals surface area contributed by atoms with E-state index in [2.05, 4.69) is 16.6 Å². The highest BCUT2D eigenvalue weighted by Crippen LogP contribution is 2.39. The van der Waals surface area contributed by atoms with Gasteiger partial charge in [0.1, 0.15) is 5.15 Å². The first kappa shape index (κ1) is 13.7. The van der Waals surface area contributed by atoms with Gasteiger partial charge in [-0.05, 0) is 31.2 Å². The highest BCUT2D eigenvalue weighted by molar-refractivity contribution is 8.00. The van der Waals surface area contributed by atoms with E-state index in [9.17, 15) is 4.79 Å². The Labute approximate surface area is 117 Å².